The summed E-state index contributed by atoms with van der Waals surface area (Å²) < 4.78 is 5.23. The number of rotatable bonds is 8. The van der Waals surface area contributed by atoms with E-state index in [1.807, 2.05) is 0 Å². The molecule has 0 radical (unpaired) electrons. The monoisotopic (exact) mass is 292 g/mol. The minimum atomic E-state index is -0.391. The molecule has 0 bridgehead atoms. The minimum absolute atomic E-state index is 0.184. The van der Waals surface area contributed by atoms with Gasteiger partial charge in [-0.1, -0.05) is 39.2 Å². The summed E-state index contributed by atoms with van der Waals surface area (Å²) in [6, 6.07) is 4.36. The molecule has 0 aromatic heterocycles. The van der Waals surface area contributed by atoms with Gasteiger partial charge in [0.25, 0.3) is 0 Å². The molecule has 1 atom stereocenters. The number of hydrogen-bond acceptors (Lipinski definition) is 4. The highest BCUT2D eigenvalue weighted by Gasteiger charge is 2.08. The van der Waals surface area contributed by atoms with Gasteiger partial charge in [-0.25, -0.2) is 4.79 Å². The van der Waals surface area contributed by atoms with Gasteiger partial charge < -0.3 is 14.9 Å². The average Bonchev–Trinajstić information content (AvgIpc) is 2.48. The van der Waals surface area contributed by atoms with Crippen molar-refractivity contribution in [3.63, 3.8) is 0 Å². The van der Waals surface area contributed by atoms with Crippen LogP contribution in [-0.2, 0) is 9.53 Å². The maximum Gasteiger partial charge on any atom is 0.330 e. The van der Waals surface area contributed by atoms with E-state index < -0.39 is 5.97 Å². The van der Waals surface area contributed by atoms with Crippen LogP contribution in [0.15, 0.2) is 24.3 Å². The molecule has 1 rings (SSSR count). The van der Waals surface area contributed by atoms with Gasteiger partial charge >= 0.3 is 5.97 Å². The number of carbonyl (C=O) groups is 1. The molecule has 0 aliphatic heterocycles. The lowest BCUT2D eigenvalue weighted by atomic mass is 10.0. The van der Waals surface area contributed by atoms with Crippen LogP contribution in [0.3, 0.4) is 0 Å². The van der Waals surface area contributed by atoms with E-state index in [4.69, 9.17) is 4.74 Å². The Bertz CT molecular complexity index is 480. The molecule has 0 aliphatic rings. The van der Waals surface area contributed by atoms with E-state index in [1.54, 1.807) is 12.1 Å². The normalized spacial score (nSPS) is 12.5. The fraction of sp³-hybridized carbons (Fsp3) is 0.471. The second-order valence-electron chi connectivity index (χ2n) is 5.13. The molecule has 0 fully saturated rings. The number of aromatic hydroxyl groups is 2. The lowest BCUT2D eigenvalue weighted by Gasteiger charge is -2.13. The summed E-state index contributed by atoms with van der Waals surface area (Å²) in [5.41, 5.74) is 0.625. The zero-order valence-corrected chi connectivity index (χ0v) is 12.7. The molecule has 0 amide bonds. The topological polar surface area (TPSA) is 66.8 Å². The number of phenols is 2. The van der Waals surface area contributed by atoms with Gasteiger partial charge in [-0.05, 0) is 36.1 Å². The molecule has 0 saturated carbocycles. The van der Waals surface area contributed by atoms with E-state index >= 15 is 0 Å². The lowest BCUT2D eigenvalue weighted by molar-refractivity contribution is -0.139. The van der Waals surface area contributed by atoms with Gasteiger partial charge in [-0.3, -0.25) is 0 Å². The van der Waals surface area contributed by atoms with Crippen molar-refractivity contribution in [3.8, 4) is 11.5 Å². The van der Waals surface area contributed by atoms with Crippen LogP contribution >= 0.6 is 0 Å². The van der Waals surface area contributed by atoms with E-state index in [-0.39, 0.29) is 11.5 Å². The maximum atomic E-state index is 11.6. The van der Waals surface area contributed by atoms with Crippen LogP contribution < -0.4 is 0 Å². The molecule has 1 unspecified atom stereocenters. The van der Waals surface area contributed by atoms with Crippen LogP contribution in [0.25, 0.3) is 6.08 Å². The Morgan fingerprint density at radius 1 is 1.29 bits per heavy atom. The Balaban J connectivity index is 2.45. The molecule has 116 valence electrons. The molecule has 21 heavy (non-hydrogen) atoms. The Hall–Kier alpha value is -1.97. The van der Waals surface area contributed by atoms with Gasteiger partial charge in [0.05, 0.1) is 6.61 Å². The molecule has 1 aromatic rings. The van der Waals surface area contributed by atoms with E-state index in [2.05, 4.69) is 13.8 Å². The fourth-order valence-corrected chi connectivity index (χ4v) is 1.95. The molecule has 4 nitrogen and oxygen atoms in total. The Kier molecular flexibility index (Phi) is 7.37. The molecule has 0 spiro atoms. The predicted molar refractivity (Wildman–Crippen MR) is 83.1 cm³/mol. The quantitative estimate of drug-likeness (QED) is 0.433. The molecule has 0 heterocycles. The van der Waals surface area contributed by atoms with E-state index in [0.29, 0.717) is 18.1 Å². The number of carbonyl (C=O) groups excluding carboxylic acids is 1. The van der Waals surface area contributed by atoms with Gasteiger partial charge in [-0.2, -0.15) is 0 Å². The first kappa shape index (κ1) is 17.1. The first-order valence-electron chi connectivity index (χ1n) is 7.43. The standard InChI is InChI=1S/C17H24O4/c1-3-5-6-13(4-2)12-21-17(20)10-8-14-7-9-15(18)16(19)11-14/h7-11,13,18-19H,3-6,12H2,1-2H3/b10-8+. The van der Waals surface area contributed by atoms with Crippen molar-refractivity contribution in [3.05, 3.63) is 29.8 Å². The van der Waals surface area contributed by atoms with Crippen LogP contribution in [0.5, 0.6) is 11.5 Å². The molecule has 2 N–H and O–H groups in total. The zero-order valence-electron chi connectivity index (χ0n) is 12.7. The third-order valence-electron chi connectivity index (χ3n) is 3.42. The summed E-state index contributed by atoms with van der Waals surface area (Å²) in [5, 5.41) is 18.6. The summed E-state index contributed by atoms with van der Waals surface area (Å²) in [6.45, 7) is 4.69. The minimum Gasteiger partial charge on any atom is -0.504 e. The van der Waals surface area contributed by atoms with Gasteiger partial charge in [0.2, 0.25) is 0 Å². The second kappa shape index (κ2) is 9.06. The molecule has 4 heteroatoms. The van der Waals surface area contributed by atoms with Gasteiger partial charge in [0, 0.05) is 6.08 Å². The number of phenolic OH excluding ortho intramolecular Hbond substituents is 2. The highest BCUT2D eigenvalue weighted by atomic mass is 16.5. The number of unbranched alkanes of at least 4 members (excludes halogenated alkanes) is 1. The fourth-order valence-electron chi connectivity index (χ4n) is 1.95. The summed E-state index contributed by atoms with van der Waals surface area (Å²) >= 11 is 0. The highest BCUT2D eigenvalue weighted by Crippen LogP contribution is 2.25. The predicted octanol–water partition coefficient (Wildman–Crippen LogP) is 3.87. The van der Waals surface area contributed by atoms with Crippen LogP contribution in [0.1, 0.15) is 45.1 Å². The third kappa shape index (κ3) is 6.34. The SMILES string of the molecule is CCCCC(CC)COC(=O)/C=C/c1ccc(O)c(O)c1. The van der Waals surface area contributed by atoms with Gasteiger partial charge in [0.1, 0.15) is 0 Å². The van der Waals surface area contributed by atoms with Crippen LogP contribution in [0.4, 0.5) is 0 Å². The summed E-state index contributed by atoms with van der Waals surface area (Å²) in [7, 11) is 0. The molecule has 0 saturated heterocycles. The van der Waals surface area contributed by atoms with E-state index in [9.17, 15) is 15.0 Å². The molecule has 1 aromatic carbocycles. The summed E-state index contributed by atoms with van der Waals surface area (Å²) in [6.07, 6.45) is 7.26. The Morgan fingerprint density at radius 2 is 2.05 bits per heavy atom. The lowest BCUT2D eigenvalue weighted by Crippen LogP contribution is -2.12. The largest absolute Gasteiger partial charge is 0.504 e. The number of ether oxygens (including phenoxy) is 1. The molecular weight excluding hydrogens is 268 g/mol. The van der Waals surface area contributed by atoms with Crippen molar-refractivity contribution in [2.45, 2.75) is 39.5 Å². The van der Waals surface area contributed by atoms with Gasteiger partial charge in [0.15, 0.2) is 11.5 Å². The maximum absolute atomic E-state index is 11.6. The number of benzene rings is 1. The summed E-state index contributed by atoms with van der Waals surface area (Å²) in [5.74, 6) is -0.370. The first-order chi connectivity index (χ1) is 10.1. The molecular formula is C17H24O4. The Labute approximate surface area is 126 Å². The van der Waals surface area contributed by atoms with Crippen molar-refractivity contribution >= 4 is 12.0 Å². The third-order valence-corrected chi connectivity index (χ3v) is 3.42. The van der Waals surface area contributed by atoms with Crippen LogP contribution in [0.2, 0.25) is 0 Å². The number of hydrogen-bond donors (Lipinski definition) is 2. The molecule has 0 aliphatic carbocycles. The zero-order chi connectivity index (χ0) is 15.7. The Morgan fingerprint density at radius 3 is 2.67 bits per heavy atom. The smallest absolute Gasteiger partial charge is 0.330 e. The van der Waals surface area contributed by atoms with E-state index in [0.717, 1.165) is 25.7 Å². The van der Waals surface area contributed by atoms with Crippen molar-refractivity contribution in [1.82, 2.24) is 0 Å². The van der Waals surface area contributed by atoms with Gasteiger partial charge in [-0.15, -0.1) is 0 Å². The second-order valence-corrected chi connectivity index (χ2v) is 5.13. The van der Waals surface area contributed by atoms with Crippen LogP contribution in [0, 0.1) is 5.92 Å². The first-order valence-corrected chi connectivity index (χ1v) is 7.43. The van der Waals surface area contributed by atoms with Crippen molar-refractivity contribution in [2.24, 2.45) is 5.92 Å². The number of esters is 1. The van der Waals surface area contributed by atoms with Crippen molar-refractivity contribution in [1.29, 1.82) is 0 Å². The average molecular weight is 292 g/mol. The van der Waals surface area contributed by atoms with E-state index in [1.165, 1.54) is 18.2 Å². The highest BCUT2D eigenvalue weighted by molar-refractivity contribution is 5.87. The van der Waals surface area contributed by atoms with Crippen LogP contribution in [-0.4, -0.2) is 22.8 Å². The summed E-state index contributed by atoms with van der Waals surface area (Å²) in [4.78, 5) is 11.6. The van der Waals surface area contributed by atoms with Crippen molar-refractivity contribution < 1.29 is 19.7 Å². The van der Waals surface area contributed by atoms with Crippen molar-refractivity contribution in [2.75, 3.05) is 6.61 Å².